The lowest BCUT2D eigenvalue weighted by atomic mass is 9.76. The highest BCUT2D eigenvalue weighted by atomic mass is 35.5. The van der Waals surface area contributed by atoms with E-state index in [4.69, 9.17) is 49.0 Å². The van der Waals surface area contributed by atoms with Crippen molar-refractivity contribution >= 4 is 64.3 Å². The Bertz CT molecular complexity index is 1980. The van der Waals surface area contributed by atoms with Gasteiger partial charge in [-0.2, -0.15) is 0 Å². The number of amides is 2. The Labute approximate surface area is 311 Å². The van der Waals surface area contributed by atoms with E-state index in [9.17, 15) is 19.2 Å². The summed E-state index contributed by atoms with van der Waals surface area (Å²) in [6, 6.07) is 15.0. The van der Waals surface area contributed by atoms with Crippen LogP contribution in [0.3, 0.4) is 0 Å². The lowest BCUT2D eigenvalue weighted by molar-refractivity contribution is -0.118. The summed E-state index contributed by atoms with van der Waals surface area (Å²) in [7, 11) is 0. The molecule has 0 unspecified atom stereocenters. The molecule has 0 spiro atoms. The minimum Gasteiger partial charge on any atom is -0.483 e. The van der Waals surface area contributed by atoms with Crippen molar-refractivity contribution in [1.29, 1.82) is 0 Å². The molecule has 11 nitrogen and oxygen atoms in total. The molecular formula is C37H41Cl3N4O7. The van der Waals surface area contributed by atoms with Gasteiger partial charge >= 0.3 is 11.7 Å². The van der Waals surface area contributed by atoms with Gasteiger partial charge in [0, 0.05) is 21.8 Å². The van der Waals surface area contributed by atoms with Gasteiger partial charge in [0.1, 0.15) is 11.4 Å². The van der Waals surface area contributed by atoms with Crippen LogP contribution >= 0.6 is 34.8 Å². The third-order valence-corrected chi connectivity index (χ3v) is 9.56. The molecule has 0 aliphatic heterocycles. The van der Waals surface area contributed by atoms with Gasteiger partial charge in [0.05, 0.1) is 16.7 Å². The number of hydrogen-bond acceptors (Lipinski definition) is 7. The second-order valence-electron chi connectivity index (χ2n) is 13.0. The quantitative estimate of drug-likeness (QED) is 0.115. The van der Waals surface area contributed by atoms with Crippen LogP contribution in [-0.4, -0.2) is 41.0 Å². The van der Waals surface area contributed by atoms with E-state index in [0.29, 0.717) is 11.4 Å². The molecule has 3 N–H and O–H groups in total. The zero-order valence-electron chi connectivity index (χ0n) is 29.5. The molecule has 0 aliphatic carbocycles. The Morgan fingerprint density at radius 2 is 1.53 bits per heavy atom. The lowest BCUT2D eigenvalue weighted by Crippen LogP contribution is -2.24. The highest BCUT2D eigenvalue weighted by Crippen LogP contribution is 2.38. The molecule has 0 saturated heterocycles. The Balaban J connectivity index is 1.54. The monoisotopic (exact) mass is 758 g/mol. The highest BCUT2D eigenvalue weighted by Gasteiger charge is 2.28. The van der Waals surface area contributed by atoms with Gasteiger partial charge in [0.15, 0.2) is 12.4 Å². The van der Waals surface area contributed by atoms with Crippen LogP contribution in [0.4, 0.5) is 16.3 Å². The zero-order chi connectivity index (χ0) is 37.7. The molecule has 0 aliphatic rings. The summed E-state index contributed by atoms with van der Waals surface area (Å²) < 4.78 is 16.9. The summed E-state index contributed by atoms with van der Waals surface area (Å²) in [4.78, 5) is 52.0. The maximum absolute atomic E-state index is 13.4. The molecule has 0 radical (unpaired) electrons. The molecule has 0 atom stereocenters. The average Bonchev–Trinajstić information content (AvgIpc) is 3.36. The van der Waals surface area contributed by atoms with Crippen molar-refractivity contribution in [2.45, 2.75) is 72.1 Å². The zero-order valence-corrected chi connectivity index (χ0v) is 31.7. The second kappa shape index (κ2) is 16.3. The van der Waals surface area contributed by atoms with Crippen molar-refractivity contribution in [2.75, 3.05) is 23.8 Å². The normalized spacial score (nSPS) is 11.6. The first-order valence-electron chi connectivity index (χ1n) is 16.3. The van der Waals surface area contributed by atoms with Crippen molar-refractivity contribution in [1.82, 2.24) is 9.78 Å². The molecule has 0 fully saturated rings. The minimum absolute atomic E-state index is 0.00000972. The van der Waals surface area contributed by atoms with Gasteiger partial charge in [-0.25, -0.2) is 9.48 Å². The molecule has 51 heavy (non-hydrogen) atoms. The third-order valence-electron chi connectivity index (χ3n) is 8.76. The predicted octanol–water partition coefficient (Wildman–Crippen LogP) is 9.31. The van der Waals surface area contributed by atoms with E-state index >= 15 is 0 Å². The maximum Gasteiger partial charge on any atom is 0.514 e. The van der Waals surface area contributed by atoms with E-state index in [2.05, 4.69) is 63.3 Å². The van der Waals surface area contributed by atoms with E-state index in [0.717, 1.165) is 23.1 Å². The fourth-order valence-corrected chi connectivity index (χ4v) is 5.99. The van der Waals surface area contributed by atoms with E-state index in [1.54, 1.807) is 19.1 Å². The summed E-state index contributed by atoms with van der Waals surface area (Å²) in [5, 5.41) is 8.19. The second-order valence-corrected chi connectivity index (χ2v) is 14.3. The first-order chi connectivity index (χ1) is 24.0. The number of hydrogen-bond donors (Lipinski definition) is 3. The van der Waals surface area contributed by atoms with Crippen molar-refractivity contribution in [2.24, 2.45) is 0 Å². The van der Waals surface area contributed by atoms with Gasteiger partial charge in [-0.1, -0.05) is 94.5 Å². The number of carbonyl (C=O) groups is 3. The predicted molar refractivity (Wildman–Crippen MR) is 201 cm³/mol. The third kappa shape index (κ3) is 9.27. The number of carbonyl (C=O) groups excluding carboxylic acids is 3. The minimum atomic E-state index is -1.18. The Morgan fingerprint density at radius 3 is 2.16 bits per heavy atom. The smallest absolute Gasteiger partial charge is 0.483 e. The number of rotatable bonds is 13. The fraction of sp³-hybridized carbons (Fsp3) is 0.351. The van der Waals surface area contributed by atoms with E-state index in [1.165, 1.54) is 29.8 Å². The van der Waals surface area contributed by atoms with Gasteiger partial charge in [-0.05, 0) is 72.6 Å². The van der Waals surface area contributed by atoms with Crippen LogP contribution in [0.1, 0.15) is 82.8 Å². The van der Waals surface area contributed by atoms with E-state index < -0.39 is 29.3 Å². The molecule has 272 valence electrons. The van der Waals surface area contributed by atoms with Gasteiger partial charge in [-0.15, -0.1) is 0 Å². The topological polar surface area (TPSA) is 141 Å². The summed E-state index contributed by atoms with van der Waals surface area (Å²) in [6.45, 7) is 14.2. The van der Waals surface area contributed by atoms with Crippen LogP contribution in [0.25, 0.3) is 5.69 Å². The van der Waals surface area contributed by atoms with Gasteiger partial charge in [0.2, 0.25) is 5.75 Å². The van der Waals surface area contributed by atoms with Gasteiger partial charge in [-0.3, -0.25) is 19.5 Å². The standard InChI is InChI=1S/C37H41Cl3N4O7/c1-8-36(4,5)22-14-15-28(25(17-22)37(6,7)9-2)50-20-29(45)41-24-13-11-12-21(16-24)33(46)42-32-31(51-35(48)49-10-3)34(47)44(43-32)30-26(39)18-23(38)19-27(30)40/h11-19,43H,8-10,20H2,1-7H3,(H,41,45)(H,42,46). The molecule has 1 heterocycles. The number of benzene rings is 3. The number of aromatic nitrogens is 2. The molecular weight excluding hydrogens is 719 g/mol. The van der Waals surface area contributed by atoms with Crippen LogP contribution in [0.5, 0.6) is 11.5 Å². The van der Waals surface area contributed by atoms with Crippen LogP contribution in [0, 0.1) is 0 Å². The Kier molecular flexibility index (Phi) is 12.5. The van der Waals surface area contributed by atoms with Crippen LogP contribution in [-0.2, 0) is 20.4 Å². The Hall–Kier alpha value is -4.45. The number of halogens is 3. The molecule has 2 amide bonds. The van der Waals surface area contributed by atoms with Crippen LogP contribution < -0.4 is 25.7 Å². The van der Waals surface area contributed by atoms with Crippen LogP contribution in [0.15, 0.2) is 59.4 Å². The van der Waals surface area contributed by atoms with Crippen molar-refractivity contribution in [3.63, 3.8) is 0 Å². The molecule has 0 saturated carbocycles. The number of H-pyrrole nitrogens is 1. The van der Waals surface area contributed by atoms with Crippen molar-refractivity contribution in [3.8, 4) is 17.2 Å². The SMILES string of the molecule is CCOC(=O)Oc1c(NC(=O)c2cccc(NC(=O)COc3ccc(C(C)(C)CC)cc3C(C)(C)CC)c2)[nH]n(-c2c(Cl)cc(Cl)cc2Cl)c1=O. The summed E-state index contributed by atoms with van der Waals surface area (Å²) >= 11 is 18.7. The highest BCUT2D eigenvalue weighted by molar-refractivity contribution is 6.40. The van der Waals surface area contributed by atoms with Gasteiger partial charge in [0.25, 0.3) is 11.8 Å². The number of nitrogens with one attached hydrogen (secondary N) is 3. The average molecular weight is 760 g/mol. The summed E-state index contributed by atoms with van der Waals surface area (Å²) in [6.07, 6.45) is 0.666. The first-order valence-corrected chi connectivity index (χ1v) is 17.5. The van der Waals surface area contributed by atoms with E-state index in [1.807, 2.05) is 12.1 Å². The lowest BCUT2D eigenvalue weighted by Gasteiger charge is -2.30. The first kappa shape index (κ1) is 39.3. The fourth-order valence-electron chi connectivity index (χ4n) is 5.00. The number of aromatic amines is 1. The molecule has 14 heteroatoms. The van der Waals surface area contributed by atoms with Crippen molar-refractivity contribution in [3.05, 3.63) is 96.7 Å². The Morgan fingerprint density at radius 1 is 0.863 bits per heavy atom. The largest absolute Gasteiger partial charge is 0.514 e. The summed E-state index contributed by atoms with van der Waals surface area (Å²) in [5.41, 5.74) is 1.54. The molecule has 4 rings (SSSR count). The molecule has 1 aromatic heterocycles. The number of nitrogens with zero attached hydrogens (tertiary/aromatic N) is 1. The van der Waals surface area contributed by atoms with Crippen LogP contribution in [0.2, 0.25) is 15.1 Å². The number of anilines is 2. The molecule has 4 aromatic rings. The number of ether oxygens (including phenoxy) is 3. The molecule has 3 aromatic carbocycles. The summed E-state index contributed by atoms with van der Waals surface area (Å²) in [5.74, 6) is -1.39. The van der Waals surface area contributed by atoms with Crippen molar-refractivity contribution < 1.29 is 28.6 Å². The van der Waals surface area contributed by atoms with Gasteiger partial charge < -0.3 is 24.8 Å². The maximum atomic E-state index is 13.4. The molecule has 0 bridgehead atoms. The van der Waals surface area contributed by atoms with E-state index in [-0.39, 0.29) is 56.2 Å².